The fourth-order valence-electron chi connectivity index (χ4n) is 6.07. The molecule has 218 valence electrons. The summed E-state index contributed by atoms with van der Waals surface area (Å²) in [5.74, 6) is 1.25. The highest BCUT2D eigenvalue weighted by molar-refractivity contribution is 5.81. The van der Waals surface area contributed by atoms with Crippen LogP contribution in [0, 0.1) is 6.92 Å². The third kappa shape index (κ3) is 5.14. The number of nitrogens with zero attached hydrogens (tertiary/aromatic N) is 5. The van der Waals surface area contributed by atoms with E-state index in [0.29, 0.717) is 23.6 Å². The van der Waals surface area contributed by atoms with Crippen LogP contribution in [0.15, 0.2) is 151 Å². The van der Waals surface area contributed by atoms with Crippen LogP contribution in [0.4, 0.5) is 0 Å². The first kappa shape index (κ1) is 27.9. The number of tetrazole rings is 1. The van der Waals surface area contributed by atoms with Gasteiger partial charge in [-0.15, -0.1) is 5.10 Å². The summed E-state index contributed by atoms with van der Waals surface area (Å²) >= 11 is 0. The zero-order valence-corrected chi connectivity index (χ0v) is 24.7. The summed E-state index contributed by atoms with van der Waals surface area (Å²) in [5.41, 5.74) is 6.73. The normalized spacial score (nSPS) is 11.4. The SMILES string of the molecule is Cc1ncc(Cc2ccc(-c3ccccc3-c3nnnn3C(c3ccccc3)(c3ccccc3)c3ccccc3)cc2)c(=O)[nH]1. The molecule has 1 N–H and O–H groups in total. The van der Waals surface area contributed by atoms with Crippen LogP contribution in [0.3, 0.4) is 0 Å². The summed E-state index contributed by atoms with van der Waals surface area (Å²) in [6.45, 7) is 1.78. The monoisotopic (exact) mass is 586 g/mol. The van der Waals surface area contributed by atoms with E-state index in [4.69, 9.17) is 5.21 Å². The molecular formula is C38H30N6O. The fraction of sp³-hybridized carbons (Fsp3) is 0.0789. The molecule has 0 saturated carbocycles. The molecule has 45 heavy (non-hydrogen) atoms. The Morgan fingerprint density at radius 1 is 0.667 bits per heavy atom. The van der Waals surface area contributed by atoms with Gasteiger partial charge >= 0.3 is 0 Å². The summed E-state index contributed by atoms with van der Waals surface area (Å²) in [5, 5.41) is 13.7. The molecule has 0 aliphatic rings. The predicted molar refractivity (Wildman–Crippen MR) is 176 cm³/mol. The highest BCUT2D eigenvalue weighted by Crippen LogP contribution is 2.43. The van der Waals surface area contributed by atoms with Crippen LogP contribution in [-0.4, -0.2) is 30.2 Å². The first-order valence-corrected chi connectivity index (χ1v) is 14.8. The van der Waals surface area contributed by atoms with Gasteiger partial charge in [-0.25, -0.2) is 9.67 Å². The van der Waals surface area contributed by atoms with Crippen LogP contribution in [0.2, 0.25) is 0 Å². The molecule has 0 bridgehead atoms. The second kappa shape index (κ2) is 12.0. The topological polar surface area (TPSA) is 89.3 Å². The van der Waals surface area contributed by atoms with E-state index in [-0.39, 0.29) is 5.56 Å². The Balaban J connectivity index is 1.38. The molecule has 2 heterocycles. The standard InChI is InChI=1S/C38H30N6O/c1-27-39-26-30(37(45)40-27)25-28-21-23-29(24-22-28)34-19-11-12-20-35(34)36-41-42-43-44(36)38(31-13-5-2-6-14-31,32-15-7-3-8-16-32)33-17-9-4-10-18-33/h2-24,26H,25H2,1H3,(H,39,40,45). The average Bonchev–Trinajstić information content (AvgIpc) is 3.58. The Morgan fingerprint density at radius 2 is 1.20 bits per heavy atom. The Kier molecular flexibility index (Phi) is 7.41. The summed E-state index contributed by atoms with van der Waals surface area (Å²) in [7, 11) is 0. The summed E-state index contributed by atoms with van der Waals surface area (Å²) in [6.07, 6.45) is 2.15. The second-order valence-electron chi connectivity index (χ2n) is 11.0. The maximum Gasteiger partial charge on any atom is 0.254 e. The summed E-state index contributed by atoms with van der Waals surface area (Å²) in [6, 6.07) is 47.6. The zero-order chi connectivity index (χ0) is 30.6. The van der Waals surface area contributed by atoms with Crippen LogP contribution < -0.4 is 5.56 Å². The van der Waals surface area contributed by atoms with Crippen LogP contribution in [0.25, 0.3) is 22.5 Å². The summed E-state index contributed by atoms with van der Waals surface area (Å²) < 4.78 is 1.96. The lowest BCUT2D eigenvalue weighted by Gasteiger charge is -2.36. The highest BCUT2D eigenvalue weighted by atomic mass is 16.1. The molecular weight excluding hydrogens is 556 g/mol. The van der Waals surface area contributed by atoms with Crippen molar-refractivity contribution >= 4 is 0 Å². The highest BCUT2D eigenvalue weighted by Gasteiger charge is 2.42. The number of aromatic nitrogens is 6. The Bertz CT molecular complexity index is 2010. The second-order valence-corrected chi connectivity index (χ2v) is 11.0. The van der Waals surface area contributed by atoms with E-state index >= 15 is 0 Å². The van der Waals surface area contributed by atoms with Gasteiger partial charge in [-0.2, -0.15) is 0 Å². The van der Waals surface area contributed by atoms with Gasteiger partial charge in [-0.3, -0.25) is 4.79 Å². The molecule has 5 aromatic carbocycles. The Labute approximate surface area is 260 Å². The van der Waals surface area contributed by atoms with Crippen molar-refractivity contribution in [3.8, 4) is 22.5 Å². The molecule has 7 aromatic rings. The molecule has 0 radical (unpaired) electrons. The number of rotatable bonds is 8. The number of aromatic amines is 1. The van der Waals surface area contributed by atoms with E-state index in [1.807, 2.05) is 35.0 Å². The van der Waals surface area contributed by atoms with Crippen molar-refractivity contribution in [1.82, 2.24) is 30.2 Å². The van der Waals surface area contributed by atoms with E-state index in [0.717, 1.165) is 38.9 Å². The van der Waals surface area contributed by atoms with Gasteiger partial charge < -0.3 is 4.98 Å². The third-order valence-electron chi connectivity index (χ3n) is 8.19. The minimum atomic E-state index is -0.852. The average molecular weight is 587 g/mol. The van der Waals surface area contributed by atoms with Crippen molar-refractivity contribution < 1.29 is 0 Å². The van der Waals surface area contributed by atoms with Crippen molar-refractivity contribution in [2.45, 2.75) is 18.9 Å². The van der Waals surface area contributed by atoms with Crippen molar-refractivity contribution in [2.24, 2.45) is 0 Å². The zero-order valence-electron chi connectivity index (χ0n) is 24.7. The van der Waals surface area contributed by atoms with Crippen molar-refractivity contribution in [3.05, 3.63) is 190 Å². The number of nitrogens with one attached hydrogen (secondary N) is 1. The van der Waals surface area contributed by atoms with Crippen molar-refractivity contribution in [1.29, 1.82) is 0 Å². The molecule has 0 saturated heterocycles. The van der Waals surface area contributed by atoms with Crippen LogP contribution >= 0.6 is 0 Å². The van der Waals surface area contributed by atoms with Crippen molar-refractivity contribution in [2.75, 3.05) is 0 Å². The maximum atomic E-state index is 12.4. The minimum absolute atomic E-state index is 0.109. The molecule has 7 heteroatoms. The van der Waals surface area contributed by atoms with E-state index in [2.05, 4.69) is 129 Å². The lowest BCUT2D eigenvalue weighted by atomic mass is 9.77. The largest absolute Gasteiger partial charge is 0.311 e. The van der Waals surface area contributed by atoms with Gasteiger partial charge in [0.25, 0.3) is 5.56 Å². The first-order chi connectivity index (χ1) is 22.1. The third-order valence-corrected chi connectivity index (χ3v) is 8.19. The van der Waals surface area contributed by atoms with Gasteiger partial charge in [-0.05, 0) is 50.7 Å². The molecule has 0 aliphatic carbocycles. The quantitative estimate of drug-likeness (QED) is 0.197. The van der Waals surface area contributed by atoms with Gasteiger partial charge in [-0.1, -0.05) is 140 Å². The predicted octanol–water partition coefficient (Wildman–Crippen LogP) is 6.83. The number of benzene rings is 5. The smallest absolute Gasteiger partial charge is 0.254 e. The molecule has 0 amide bonds. The number of hydrogen-bond donors (Lipinski definition) is 1. The van der Waals surface area contributed by atoms with Gasteiger partial charge in [0.15, 0.2) is 5.82 Å². The van der Waals surface area contributed by atoms with Crippen molar-refractivity contribution in [3.63, 3.8) is 0 Å². The lowest BCUT2D eigenvalue weighted by Crippen LogP contribution is -2.39. The van der Waals surface area contributed by atoms with E-state index in [1.54, 1.807) is 13.1 Å². The minimum Gasteiger partial charge on any atom is -0.311 e. The van der Waals surface area contributed by atoms with Gasteiger partial charge in [0.1, 0.15) is 11.4 Å². The first-order valence-electron chi connectivity index (χ1n) is 14.8. The molecule has 0 aliphatic heterocycles. The number of H-pyrrole nitrogens is 1. The lowest BCUT2D eigenvalue weighted by molar-refractivity contribution is 0.451. The van der Waals surface area contributed by atoms with E-state index < -0.39 is 5.54 Å². The van der Waals surface area contributed by atoms with Gasteiger partial charge in [0.05, 0.1) is 0 Å². The molecule has 2 aromatic heterocycles. The molecule has 0 atom stereocenters. The van der Waals surface area contributed by atoms with Crippen LogP contribution in [-0.2, 0) is 12.0 Å². The summed E-state index contributed by atoms with van der Waals surface area (Å²) in [4.78, 5) is 19.5. The molecule has 7 rings (SSSR count). The van der Waals surface area contributed by atoms with E-state index in [9.17, 15) is 4.79 Å². The Morgan fingerprint density at radius 3 is 1.76 bits per heavy atom. The number of aryl methyl sites for hydroxylation is 1. The van der Waals surface area contributed by atoms with Gasteiger partial charge in [0.2, 0.25) is 0 Å². The molecule has 0 spiro atoms. The molecule has 0 unspecified atom stereocenters. The number of hydrogen-bond acceptors (Lipinski definition) is 5. The molecule has 7 nitrogen and oxygen atoms in total. The fourth-order valence-corrected chi connectivity index (χ4v) is 6.07. The van der Waals surface area contributed by atoms with Gasteiger partial charge in [0, 0.05) is 23.7 Å². The maximum absolute atomic E-state index is 12.4. The van der Waals surface area contributed by atoms with Crippen LogP contribution in [0.5, 0.6) is 0 Å². The van der Waals surface area contributed by atoms with E-state index in [1.165, 1.54) is 0 Å². The molecule has 0 fully saturated rings. The van der Waals surface area contributed by atoms with Crippen LogP contribution in [0.1, 0.15) is 33.6 Å². The Hall–Kier alpha value is -5.95.